The Morgan fingerprint density at radius 3 is 0.636 bits per heavy atom. The van der Waals surface area contributed by atoms with Gasteiger partial charge in [-0.25, -0.2) is 0 Å². The van der Waals surface area contributed by atoms with Crippen LogP contribution in [0.1, 0.15) is 55.4 Å². The molecule has 0 aliphatic heterocycles. The first kappa shape index (κ1) is 26.4. The molecule has 0 N–H and O–H groups in total. The van der Waals surface area contributed by atoms with E-state index >= 15 is 0 Å². The van der Waals surface area contributed by atoms with Gasteiger partial charge in [0.25, 0.3) is 0 Å². The van der Waals surface area contributed by atoms with Gasteiger partial charge in [0, 0.05) is 9.17 Å². The first-order valence-corrected chi connectivity index (χ1v) is 10.0. The highest BCUT2D eigenvalue weighted by Crippen LogP contribution is 2.03. The van der Waals surface area contributed by atoms with Gasteiger partial charge in [-0.05, 0) is 55.4 Å². The van der Waals surface area contributed by atoms with Gasteiger partial charge in [0.1, 0.15) is 0 Å². The molecular formula is C16H40N2O3Si. The van der Waals surface area contributed by atoms with Gasteiger partial charge >= 0.3 is 0 Å². The van der Waals surface area contributed by atoms with E-state index in [1.54, 1.807) is 0 Å². The molecule has 0 rings (SSSR count). The lowest BCUT2D eigenvalue weighted by Gasteiger charge is -2.34. The lowest BCUT2D eigenvalue weighted by Crippen LogP contribution is -2.47. The topological polar surface area (TPSA) is 63.2 Å². The smallest absolute Gasteiger partial charge is 0.0757 e. The van der Waals surface area contributed by atoms with Crippen molar-refractivity contribution in [3.05, 3.63) is 0 Å². The molecule has 22 heavy (non-hydrogen) atoms. The fraction of sp³-hybridized carbons (Fsp3) is 1.00. The van der Waals surface area contributed by atoms with Crippen molar-refractivity contribution < 1.29 is 23.0 Å². The molecule has 5 nitrogen and oxygen atoms in total. The second kappa shape index (κ2) is 15.4. The summed E-state index contributed by atoms with van der Waals surface area (Å²) >= 11 is 0. The summed E-state index contributed by atoms with van der Waals surface area (Å²) < 4.78 is 11.1. The fourth-order valence-corrected chi connectivity index (χ4v) is 2.68. The molecule has 0 aliphatic carbocycles. The van der Waals surface area contributed by atoms with Crippen LogP contribution in [0.5, 0.6) is 0 Å². The average Bonchev–Trinajstić information content (AvgIpc) is 2.53. The van der Waals surface area contributed by atoms with Crippen molar-refractivity contribution in [3.63, 3.8) is 0 Å². The molecule has 0 atom stereocenters. The summed E-state index contributed by atoms with van der Waals surface area (Å²) in [5.74, 6) is 0. The Morgan fingerprint density at radius 2 is 0.636 bits per heavy atom. The second-order valence-corrected chi connectivity index (χ2v) is 5.96. The highest BCUT2D eigenvalue weighted by atomic mass is 28.3. The van der Waals surface area contributed by atoms with Gasteiger partial charge in [-0.15, -0.1) is 0 Å². The Hall–Kier alpha value is -0.463. The van der Waals surface area contributed by atoms with E-state index in [1.807, 2.05) is 0 Å². The third-order valence-corrected chi connectivity index (χ3v) is 5.37. The van der Waals surface area contributed by atoms with Crippen molar-refractivity contribution in [2.75, 3.05) is 52.4 Å². The normalized spacial score (nSPS) is 10.9. The van der Waals surface area contributed by atoms with Gasteiger partial charge in [0.15, 0.2) is 0 Å². The van der Waals surface area contributed by atoms with E-state index in [-0.39, 0.29) is 0 Å². The fourth-order valence-electron chi connectivity index (χ4n) is 2.68. The predicted molar refractivity (Wildman–Crippen MR) is 91.3 cm³/mol. The Balaban J connectivity index is -0.000000266. The summed E-state index contributed by atoms with van der Waals surface area (Å²) in [7, 11) is -3.63. The Morgan fingerprint density at radius 1 is 0.545 bits per heavy atom. The van der Waals surface area contributed by atoms with Gasteiger partial charge < -0.3 is 23.0 Å². The highest BCUT2D eigenvalue weighted by molar-refractivity contribution is 6.17. The first-order chi connectivity index (χ1) is 10.2. The molecule has 0 fully saturated rings. The van der Waals surface area contributed by atoms with E-state index < -0.39 is 9.17 Å². The van der Waals surface area contributed by atoms with E-state index in [9.17, 15) is 0 Å². The number of rotatable bonds is 8. The van der Waals surface area contributed by atoms with Gasteiger partial charge in [0.2, 0.25) is 0 Å². The zero-order valence-corrected chi connectivity index (χ0v) is 17.3. The minimum atomic E-state index is -3.63. The van der Waals surface area contributed by atoms with Crippen molar-refractivity contribution in [1.29, 1.82) is 0 Å². The third-order valence-electron chi connectivity index (χ3n) is 5.37. The lowest BCUT2D eigenvalue weighted by molar-refractivity contribution is -0.921. The molecule has 0 bridgehead atoms. The van der Waals surface area contributed by atoms with Crippen LogP contribution in [0.25, 0.3) is 0 Å². The van der Waals surface area contributed by atoms with Crippen molar-refractivity contribution >= 4 is 9.17 Å². The van der Waals surface area contributed by atoms with Crippen molar-refractivity contribution in [2.45, 2.75) is 55.4 Å². The van der Waals surface area contributed by atoms with Crippen molar-refractivity contribution in [1.82, 2.24) is 0 Å². The zero-order chi connectivity index (χ0) is 18.2. The van der Waals surface area contributed by atoms with Crippen LogP contribution in [0.4, 0.5) is 0 Å². The monoisotopic (exact) mass is 336 g/mol. The van der Waals surface area contributed by atoms with Crippen LogP contribution in [-0.2, 0) is 4.46 Å². The summed E-state index contributed by atoms with van der Waals surface area (Å²) in [4.78, 5) is 17.0. The van der Waals surface area contributed by atoms with E-state index in [2.05, 4.69) is 55.4 Å². The van der Waals surface area contributed by atoms with E-state index in [0.29, 0.717) is 0 Å². The molecule has 0 heterocycles. The lowest BCUT2D eigenvalue weighted by atomic mass is 10.3. The first-order valence-electron chi connectivity index (χ1n) is 8.80. The van der Waals surface area contributed by atoms with Crippen LogP contribution in [-0.4, -0.2) is 70.5 Å². The minimum Gasteiger partial charge on any atom is -0.672 e. The molecule has 0 aromatic heterocycles. The Bertz CT molecular complexity index is 197. The second-order valence-electron chi connectivity index (χ2n) is 5.46. The predicted octanol–water partition coefficient (Wildman–Crippen LogP) is 0.888. The maximum Gasteiger partial charge on any atom is 0.0757 e. The van der Waals surface area contributed by atoms with Crippen LogP contribution >= 0.6 is 0 Å². The van der Waals surface area contributed by atoms with Crippen molar-refractivity contribution in [3.8, 4) is 0 Å². The molecule has 6 heteroatoms. The summed E-state index contributed by atoms with van der Waals surface area (Å²) in [6.07, 6.45) is 0. The summed E-state index contributed by atoms with van der Waals surface area (Å²) in [5.41, 5.74) is 0. The number of nitrogens with zero attached hydrogens (tertiary/aromatic N) is 2. The molecule has 0 saturated heterocycles. The van der Waals surface area contributed by atoms with Gasteiger partial charge in [-0.1, -0.05) is 0 Å². The SMILES string of the molecule is CC[N+](CC)(CC)CC.CC[N+](CC)(CC)CC.O=[Si]([O-])[O-]. The molecule has 0 unspecified atom stereocenters. The molecule has 0 aromatic carbocycles. The summed E-state index contributed by atoms with van der Waals surface area (Å²) in [6, 6.07) is 0. The molecule has 136 valence electrons. The van der Waals surface area contributed by atoms with Gasteiger partial charge in [-0.3, -0.25) is 0 Å². The number of quaternary nitrogens is 2. The van der Waals surface area contributed by atoms with Crippen LogP contribution in [0, 0.1) is 0 Å². The molecule has 0 radical (unpaired) electrons. The third kappa shape index (κ3) is 12.1. The van der Waals surface area contributed by atoms with Crippen molar-refractivity contribution in [2.24, 2.45) is 0 Å². The summed E-state index contributed by atoms with van der Waals surface area (Å²) in [5, 5.41) is 0. The molecule has 0 spiro atoms. The summed E-state index contributed by atoms with van der Waals surface area (Å²) in [6.45, 7) is 28.4. The maximum absolute atomic E-state index is 8.52. The standard InChI is InChI=1S/2C8H20N.O3Si/c2*1-5-9(6-2,7-3)8-4;1-4(2)3/h2*5-8H2,1-4H3;/q2*+1;-2. The van der Waals surface area contributed by atoms with Crippen LogP contribution in [0.15, 0.2) is 0 Å². The molecule has 0 aliphatic rings. The average molecular weight is 337 g/mol. The molecule has 0 amide bonds. The Kier molecular flexibility index (Phi) is 18.5. The molecule has 0 aromatic rings. The minimum absolute atomic E-state index is 1.28. The zero-order valence-electron chi connectivity index (χ0n) is 16.3. The van der Waals surface area contributed by atoms with Crippen LogP contribution < -0.4 is 9.59 Å². The quantitative estimate of drug-likeness (QED) is 0.488. The number of hydrogen-bond acceptors (Lipinski definition) is 3. The Labute approximate surface area is 140 Å². The van der Waals surface area contributed by atoms with Gasteiger partial charge in [0.05, 0.1) is 52.4 Å². The largest absolute Gasteiger partial charge is 0.672 e. The van der Waals surface area contributed by atoms with E-state index in [0.717, 1.165) is 0 Å². The molecule has 0 saturated carbocycles. The van der Waals surface area contributed by atoms with Crippen LogP contribution in [0.3, 0.4) is 0 Å². The molecular weight excluding hydrogens is 296 g/mol. The van der Waals surface area contributed by atoms with Crippen LogP contribution in [0.2, 0.25) is 0 Å². The van der Waals surface area contributed by atoms with E-state index in [1.165, 1.54) is 61.3 Å². The highest BCUT2D eigenvalue weighted by Gasteiger charge is 2.16. The van der Waals surface area contributed by atoms with Gasteiger partial charge in [-0.2, -0.15) is 0 Å². The maximum atomic E-state index is 8.52. The van der Waals surface area contributed by atoms with E-state index in [4.69, 9.17) is 14.1 Å². The number of hydrogen-bond donors (Lipinski definition) is 0.